The van der Waals surface area contributed by atoms with E-state index in [-0.39, 0.29) is 13.1 Å². The minimum Gasteiger partial charge on any atom is -0.325 e. The maximum atomic E-state index is 12.8. The van der Waals surface area contributed by atoms with Crippen molar-refractivity contribution in [3.8, 4) is 0 Å². The number of pyridine rings is 1. The molecule has 0 saturated heterocycles. The highest BCUT2D eigenvalue weighted by Crippen LogP contribution is 2.10. The second-order valence-corrected chi connectivity index (χ2v) is 6.89. The van der Waals surface area contributed by atoms with Crippen molar-refractivity contribution in [2.24, 2.45) is 0 Å². The Bertz CT molecular complexity index is 764. The number of halogens is 1. The molecule has 0 saturated carbocycles. The Kier molecular flexibility index (Phi) is 5.41. The van der Waals surface area contributed by atoms with Gasteiger partial charge in [0.15, 0.2) is 0 Å². The normalized spacial score (nSPS) is 11.4. The Morgan fingerprint density at radius 1 is 1.22 bits per heavy atom. The van der Waals surface area contributed by atoms with Gasteiger partial charge in [0.05, 0.1) is 25.0 Å². The second-order valence-electron chi connectivity index (χ2n) is 4.91. The molecule has 0 radical (unpaired) electrons. The van der Waals surface area contributed by atoms with E-state index in [1.807, 2.05) is 0 Å². The van der Waals surface area contributed by atoms with Crippen LogP contribution >= 0.6 is 0 Å². The minimum atomic E-state index is -3.58. The molecule has 0 bridgehead atoms. The summed E-state index contributed by atoms with van der Waals surface area (Å²) in [4.78, 5) is 16.1. The van der Waals surface area contributed by atoms with Gasteiger partial charge < -0.3 is 5.32 Å². The minimum absolute atomic E-state index is 0.00346. The zero-order valence-electron chi connectivity index (χ0n) is 12.4. The Hall–Kier alpha value is -2.32. The number of sulfonamides is 1. The van der Waals surface area contributed by atoms with E-state index in [0.717, 1.165) is 10.6 Å². The molecule has 0 spiro atoms. The van der Waals surface area contributed by atoms with Crippen LogP contribution in [0.5, 0.6) is 0 Å². The van der Waals surface area contributed by atoms with E-state index in [4.69, 9.17) is 0 Å². The van der Waals surface area contributed by atoms with Crippen LogP contribution in [0.4, 0.5) is 10.1 Å². The summed E-state index contributed by atoms with van der Waals surface area (Å²) in [5.74, 6) is -0.936. The van der Waals surface area contributed by atoms with E-state index >= 15 is 0 Å². The lowest BCUT2D eigenvalue weighted by Crippen LogP contribution is -2.37. The lowest BCUT2D eigenvalue weighted by molar-refractivity contribution is -0.116. The topological polar surface area (TPSA) is 79.4 Å². The highest BCUT2D eigenvalue weighted by Gasteiger charge is 2.21. The molecule has 1 aromatic heterocycles. The van der Waals surface area contributed by atoms with E-state index < -0.39 is 21.7 Å². The van der Waals surface area contributed by atoms with Crippen molar-refractivity contribution in [3.05, 3.63) is 60.2 Å². The van der Waals surface area contributed by atoms with Crippen LogP contribution in [0.2, 0.25) is 0 Å². The fraction of sp³-hybridized carbons (Fsp3) is 0.200. The van der Waals surface area contributed by atoms with Crippen molar-refractivity contribution in [3.63, 3.8) is 0 Å². The van der Waals surface area contributed by atoms with Crippen molar-refractivity contribution < 1.29 is 17.6 Å². The zero-order chi connectivity index (χ0) is 16.9. The van der Waals surface area contributed by atoms with Gasteiger partial charge in [-0.25, -0.2) is 12.8 Å². The summed E-state index contributed by atoms with van der Waals surface area (Å²) < 4.78 is 37.5. The van der Waals surface area contributed by atoms with Crippen molar-refractivity contribution in [2.45, 2.75) is 6.54 Å². The summed E-state index contributed by atoms with van der Waals surface area (Å²) >= 11 is 0. The molecule has 1 aromatic carbocycles. The Labute approximate surface area is 134 Å². The summed E-state index contributed by atoms with van der Waals surface area (Å²) in [6.07, 6.45) is 2.58. The summed E-state index contributed by atoms with van der Waals surface area (Å²) in [5.41, 5.74) is 0.926. The van der Waals surface area contributed by atoms with Gasteiger partial charge in [0, 0.05) is 11.9 Å². The molecule has 1 amide bonds. The summed E-state index contributed by atoms with van der Waals surface area (Å²) in [5, 5.41) is 2.53. The summed E-state index contributed by atoms with van der Waals surface area (Å²) in [6.45, 7) is -0.358. The van der Waals surface area contributed by atoms with Crippen LogP contribution in [0.25, 0.3) is 0 Å². The average Bonchev–Trinajstić information content (AvgIpc) is 2.49. The van der Waals surface area contributed by atoms with Gasteiger partial charge in [0.2, 0.25) is 15.9 Å². The number of benzene rings is 1. The summed E-state index contributed by atoms with van der Waals surface area (Å²) in [7, 11) is -3.58. The number of nitrogens with one attached hydrogen (secondary N) is 1. The molecule has 8 heteroatoms. The maximum absolute atomic E-state index is 12.8. The fourth-order valence-corrected chi connectivity index (χ4v) is 2.58. The average molecular weight is 337 g/mol. The van der Waals surface area contributed by atoms with E-state index in [2.05, 4.69) is 10.3 Å². The molecule has 0 aliphatic rings. The van der Waals surface area contributed by atoms with E-state index in [1.165, 1.54) is 24.3 Å². The highest BCUT2D eigenvalue weighted by molar-refractivity contribution is 7.88. The van der Waals surface area contributed by atoms with E-state index in [0.29, 0.717) is 11.4 Å². The molecule has 6 nitrogen and oxygen atoms in total. The fourth-order valence-electron chi connectivity index (χ4n) is 1.86. The Morgan fingerprint density at radius 3 is 2.48 bits per heavy atom. The molecule has 0 aliphatic carbocycles. The first kappa shape index (κ1) is 17.0. The lowest BCUT2D eigenvalue weighted by atomic mass is 10.3. The smallest absolute Gasteiger partial charge is 0.239 e. The Morgan fingerprint density at radius 2 is 1.91 bits per heavy atom. The molecule has 122 valence electrons. The van der Waals surface area contributed by atoms with Gasteiger partial charge in [0.25, 0.3) is 0 Å². The van der Waals surface area contributed by atoms with Gasteiger partial charge in [-0.15, -0.1) is 0 Å². The largest absolute Gasteiger partial charge is 0.325 e. The van der Waals surface area contributed by atoms with Crippen LogP contribution in [-0.2, 0) is 21.4 Å². The van der Waals surface area contributed by atoms with Crippen molar-refractivity contribution in [1.29, 1.82) is 0 Å². The van der Waals surface area contributed by atoms with Crippen molar-refractivity contribution in [2.75, 3.05) is 18.1 Å². The number of aromatic nitrogens is 1. The number of hydrogen-bond acceptors (Lipinski definition) is 4. The number of rotatable bonds is 6. The monoisotopic (exact) mass is 337 g/mol. The van der Waals surface area contributed by atoms with Crippen LogP contribution < -0.4 is 5.32 Å². The van der Waals surface area contributed by atoms with Crippen LogP contribution in [0.3, 0.4) is 0 Å². The quantitative estimate of drug-likeness (QED) is 0.869. The molecule has 2 aromatic rings. The number of carbonyl (C=O) groups is 1. The van der Waals surface area contributed by atoms with Crippen LogP contribution in [0, 0.1) is 5.82 Å². The number of anilines is 1. The molecule has 23 heavy (non-hydrogen) atoms. The van der Waals surface area contributed by atoms with Gasteiger partial charge in [-0.2, -0.15) is 4.31 Å². The van der Waals surface area contributed by atoms with Gasteiger partial charge >= 0.3 is 0 Å². The number of hydrogen-bond donors (Lipinski definition) is 1. The third-order valence-corrected chi connectivity index (χ3v) is 4.18. The van der Waals surface area contributed by atoms with Gasteiger partial charge in [-0.3, -0.25) is 9.78 Å². The first-order chi connectivity index (χ1) is 10.8. The third-order valence-electron chi connectivity index (χ3n) is 2.98. The molecule has 0 atom stereocenters. The standard InChI is InChI=1S/C15H16FN3O3S/c1-23(21,22)19(10-14-4-2-3-9-17-14)11-15(20)18-13-7-5-12(16)6-8-13/h2-9H,10-11H2,1H3,(H,18,20). The predicted octanol–water partition coefficient (Wildman–Crippen LogP) is 1.62. The van der Waals surface area contributed by atoms with Gasteiger partial charge in [-0.05, 0) is 36.4 Å². The highest BCUT2D eigenvalue weighted by atomic mass is 32.2. The van der Waals surface area contributed by atoms with E-state index in [9.17, 15) is 17.6 Å². The first-order valence-corrected chi connectivity index (χ1v) is 8.60. The summed E-state index contributed by atoms with van der Waals surface area (Å²) in [6, 6.07) is 10.3. The maximum Gasteiger partial charge on any atom is 0.239 e. The SMILES string of the molecule is CS(=O)(=O)N(CC(=O)Nc1ccc(F)cc1)Cc1ccccn1. The molecular weight excluding hydrogens is 321 g/mol. The zero-order valence-corrected chi connectivity index (χ0v) is 13.3. The first-order valence-electron chi connectivity index (χ1n) is 6.75. The van der Waals surface area contributed by atoms with Crippen molar-refractivity contribution >= 4 is 21.6 Å². The number of amides is 1. The van der Waals surface area contributed by atoms with Crippen LogP contribution in [0.1, 0.15) is 5.69 Å². The molecular formula is C15H16FN3O3S. The second kappa shape index (κ2) is 7.30. The molecule has 1 heterocycles. The molecule has 0 fully saturated rings. The van der Waals surface area contributed by atoms with Crippen LogP contribution in [-0.4, -0.2) is 36.4 Å². The van der Waals surface area contributed by atoms with Crippen molar-refractivity contribution in [1.82, 2.24) is 9.29 Å². The predicted molar refractivity (Wildman–Crippen MR) is 84.5 cm³/mol. The molecule has 2 rings (SSSR count). The third kappa shape index (κ3) is 5.42. The van der Waals surface area contributed by atoms with Crippen LogP contribution in [0.15, 0.2) is 48.7 Å². The molecule has 0 unspecified atom stereocenters. The van der Waals surface area contributed by atoms with Gasteiger partial charge in [0.1, 0.15) is 5.82 Å². The molecule has 1 N–H and O–H groups in total. The van der Waals surface area contributed by atoms with Gasteiger partial charge in [-0.1, -0.05) is 6.07 Å². The number of nitrogens with zero attached hydrogens (tertiary/aromatic N) is 2. The Balaban J connectivity index is 2.05. The lowest BCUT2D eigenvalue weighted by Gasteiger charge is -2.19. The van der Waals surface area contributed by atoms with E-state index in [1.54, 1.807) is 24.4 Å². The number of carbonyl (C=O) groups excluding carboxylic acids is 1. The molecule has 0 aliphatic heterocycles.